The predicted octanol–water partition coefficient (Wildman–Crippen LogP) is 0.816. The number of hydrogen-bond donors (Lipinski definition) is 2. The SMILES string of the molecule is CSc1nc2n(n1)C(c1cc(C)nn1C)C(C(N)=O)=C(C)N2. The fourth-order valence-corrected chi connectivity index (χ4v) is 3.04. The average Bonchev–Trinajstić information content (AvgIpc) is 2.99. The molecule has 0 spiro atoms. The molecule has 1 atom stereocenters. The Morgan fingerprint density at radius 2 is 2.14 bits per heavy atom. The van der Waals surface area contributed by atoms with E-state index >= 15 is 0 Å². The van der Waals surface area contributed by atoms with Gasteiger partial charge in [0.1, 0.15) is 6.04 Å². The molecule has 0 saturated heterocycles. The van der Waals surface area contributed by atoms with E-state index in [1.54, 1.807) is 9.36 Å². The molecule has 0 aliphatic carbocycles. The first-order valence-electron chi connectivity index (χ1n) is 6.71. The van der Waals surface area contributed by atoms with Crippen molar-refractivity contribution in [3.63, 3.8) is 0 Å². The van der Waals surface area contributed by atoms with Crippen molar-refractivity contribution in [2.45, 2.75) is 25.0 Å². The summed E-state index contributed by atoms with van der Waals surface area (Å²) in [6, 6.07) is 1.49. The molecule has 0 saturated carbocycles. The number of thioether (sulfide) groups is 1. The lowest BCUT2D eigenvalue weighted by atomic mass is 9.99. The maximum Gasteiger partial charge on any atom is 0.248 e. The molecule has 3 heterocycles. The zero-order chi connectivity index (χ0) is 16.0. The average molecular weight is 319 g/mol. The van der Waals surface area contributed by atoms with Gasteiger partial charge in [0.25, 0.3) is 0 Å². The van der Waals surface area contributed by atoms with Crippen molar-refractivity contribution in [2.24, 2.45) is 12.8 Å². The number of carbonyl (C=O) groups is 1. The topological polar surface area (TPSA) is 104 Å². The van der Waals surface area contributed by atoms with Crippen molar-refractivity contribution in [1.29, 1.82) is 0 Å². The third-order valence-corrected chi connectivity index (χ3v) is 4.14. The summed E-state index contributed by atoms with van der Waals surface area (Å²) in [6.45, 7) is 3.72. The molecular formula is C13H17N7OS. The molecule has 22 heavy (non-hydrogen) atoms. The normalized spacial score (nSPS) is 17.4. The smallest absolute Gasteiger partial charge is 0.248 e. The van der Waals surface area contributed by atoms with E-state index in [9.17, 15) is 4.79 Å². The van der Waals surface area contributed by atoms with Crippen LogP contribution in [0.4, 0.5) is 5.95 Å². The van der Waals surface area contributed by atoms with Crippen molar-refractivity contribution in [3.05, 3.63) is 28.7 Å². The molecule has 3 N–H and O–H groups in total. The van der Waals surface area contributed by atoms with Gasteiger partial charge in [-0.05, 0) is 26.2 Å². The van der Waals surface area contributed by atoms with Crippen molar-refractivity contribution in [1.82, 2.24) is 24.5 Å². The second-order valence-corrected chi connectivity index (χ2v) is 5.90. The molecule has 0 aromatic carbocycles. The van der Waals surface area contributed by atoms with E-state index in [1.807, 2.05) is 33.2 Å². The minimum atomic E-state index is -0.485. The number of nitrogens with two attached hydrogens (primary N) is 1. The third-order valence-electron chi connectivity index (χ3n) is 3.60. The second-order valence-electron chi connectivity index (χ2n) is 5.13. The summed E-state index contributed by atoms with van der Waals surface area (Å²) in [7, 11) is 1.84. The van der Waals surface area contributed by atoms with Gasteiger partial charge in [-0.15, -0.1) is 5.10 Å². The Balaban J connectivity index is 2.24. The number of carbonyl (C=O) groups excluding carboxylic acids is 1. The number of anilines is 1. The highest BCUT2D eigenvalue weighted by Crippen LogP contribution is 2.35. The number of primary amides is 1. The van der Waals surface area contributed by atoms with E-state index in [0.29, 0.717) is 22.4 Å². The van der Waals surface area contributed by atoms with Gasteiger partial charge < -0.3 is 11.1 Å². The Morgan fingerprint density at radius 1 is 1.41 bits per heavy atom. The molecule has 9 heteroatoms. The van der Waals surface area contributed by atoms with Gasteiger partial charge in [0.2, 0.25) is 17.0 Å². The number of aryl methyl sites for hydroxylation is 2. The van der Waals surface area contributed by atoms with Crippen LogP contribution in [0.25, 0.3) is 0 Å². The molecule has 2 aromatic rings. The Bertz CT molecular complexity index is 788. The molecule has 116 valence electrons. The molecule has 1 unspecified atom stereocenters. The molecule has 1 aliphatic heterocycles. The number of hydrogen-bond acceptors (Lipinski definition) is 6. The highest BCUT2D eigenvalue weighted by molar-refractivity contribution is 7.98. The molecular weight excluding hydrogens is 302 g/mol. The van der Waals surface area contributed by atoms with Crippen LogP contribution in [0.5, 0.6) is 0 Å². The zero-order valence-electron chi connectivity index (χ0n) is 12.8. The number of aromatic nitrogens is 5. The van der Waals surface area contributed by atoms with Crippen molar-refractivity contribution >= 4 is 23.6 Å². The van der Waals surface area contributed by atoms with Crippen LogP contribution in [0.2, 0.25) is 0 Å². The van der Waals surface area contributed by atoms with Gasteiger partial charge in [-0.25, -0.2) is 4.68 Å². The molecule has 1 aliphatic rings. The molecule has 3 rings (SSSR count). The fourth-order valence-electron chi connectivity index (χ4n) is 2.70. The van der Waals surface area contributed by atoms with Gasteiger partial charge in [-0.2, -0.15) is 10.1 Å². The quantitative estimate of drug-likeness (QED) is 0.812. The van der Waals surface area contributed by atoms with Crippen LogP contribution in [-0.4, -0.2) is 36.7 Å². The van der Waals surface area contributed by atoms with Crippen molar-refractivity contribution in [2.75, 3.05) is 11.6 Å². The molecule has 0 radical (unpaired) electrons. The molecule has 0 bridgehead atoms. The van der Waals surface area contributed by atoms with E-state index in [2.05, 4.69) is 20.5 Å². The Kier molecular flexibility index (Phi) is 3.44. The highest BCUT2D eigenvalue weighted by atomic mass is 32.2. The summed E-state index contributed by atoms with van der Waals surface area (Å²) in [5.74, 6) is 0.108. The zero-order valence-corrected chi connectivity index (χ0v) is 13.6. The maximum atomic E-state index is 12.0. The van der Waals surface area contributed by atoms with Gasteiger partial charge in [0.05, 0.1) is 17.0 Å². The standard InChI is InChI=1S/C13H17N7OS/c1-6-5-8(19(3)17-6)10-9(11(14)21)7(2)15-12-16-13(22-4)18-20(10)12/h5,10H,1-4H3,(H2,14,21)(H,15,16,18). The van der Waals surface area contributed by atoms with E-state index in [0.717, 1.165) is 11.4 Å². The van der Waals surface area contributed by atoms with Crippen LogP contribution in [0.15, 0.2) is 22.5 Å². The Morgan fingerprint density at radius 3 is 2.68 bits per heavy atom. The summed E-state index contributed by atoms with van der Waals surface area (Å²) in [5.41, 5.74) is 8.46. The van der Waals surface area contributed by atoms with Gasteiger partial charge in [0, 0.05) is 12.7 Å². The van der Waals surface area contributed by atoms with Crippen LogP contribution >= 0.6 is 11.8 Å². The van der Waals surface area contributed by atoms with Crippen LogP contribution in [0, 0.1) is 6.92 Å². The fraction of sp³-hybridized carbons (Fsp3) is 0.385. The molecule has 8 nitrogen and oxygen atoms in total. The van der Waals surface area contributed by atoms with Crippen molar-refractivity contribution in [3.8, 4) is 0 Å². The first-order chi connectivity index (χ1) is 10.4. The number of nitrogens with zero attached hydrogens (tertiary/aromatic N) is 5. The molecule has 1 amide bonds. The van der Waals surface area contributed by atoms with Gasteiger partial charge in [-0.3, -0.25) is 9.48 Å². The van der Waals surface area contributed by atoms with E-state index in [4.69, 9.17) is 5.73 Å². The molecule has 2 aromatic heterocycles. The van der Waals surface area contributed by atoms with E-state index in [-0.39, 0.29) is 0 Å². The Hall–Kier alpha value is -2.29. The predicted molar refractivity (Wildman–Crippen MR) is 83.4 cm³/mol. The number of fused-ring (bicyclic) bond motifs is 1. The van der Waals surface area contributed by atoms with Gasteiger partial charge in [0.15, 0.2) is 0 Å². The van der Waals surface area contributed by atoms with Gasteiger partial charge >= 0.3 is 0 Å². The summed E-state index contributed by atoms with van der Waals surface area (Å²) in [6.07, 6.45) is 1.90. The largest absolute Gasteiger partial charge is 0.366 e. The summed E-state index contributed by atoms with van der Waals surface area (Å²) in [4.78, 5) is 16.4. The minimum absolute atomic E-state index is 0.437. The van der Waals surface area contributed by atoms with Crippen LogP contribution < -0.4 is 11.1 Å². The van der Waals surface area contributed by atoms with Gasteiger partial charge in [-0.1, -0.05) is 11.8 Å². The second kappa shape index (κ2) is 5.16. The number of nitrogens with one attached hydrogen (secondary N) is 1. The number of amides is 1. The third kappa shape index (κ3) is 2.17. The minimum Gasteiger partial charge on any atom is -0.366 e. The van der Waals surface area contributed by atoms with Crippen LogP contribution in [0.3, 0.4) is 0 Å². The van der Waals surface area contributed by atoms with Crippen molar-refractivity contribution < 1.29 is 4.79 Å². The van der Waals surface area contributed by atoms with Crippen LogP contribution in [0.1, 0.15) is 24.4 Å². The number of rotatable bonds is 3. The summed E-state index contributed by atoms with van der Waals surface area (Å²) < 4.78 is 3.43. The first kappa shape index (κ1) is 14.6. The first-order valence-corrected chi connectivity index (χ1v) is 7.93. The maximum absolute atomic E-state index is 12.0. The molecule has 0 fully saturated rings. The summed E-state index contributed by atoms with van der Waals surface area (Å²) >= 11 is 1.44. The van der Waals surface area contributed by atoms with E-state index < -0.39 is 11.9 Å². The van der Waals surface area contributed by atoms with Crippen LogP contribution in [-0.2, 0) is 11.8 Å². The Labute approximate surface area is 131 Å². The number of allylic oxidation sites excluding steroid dienone is 1. The lowest BCUT2D eigenvalue weighted by Crippen LogP contribution is -2.32. The highest BCUT2D eigenvalue weighted by Gasteiger charge is 2.35. The summed E-state index contributed by atoms with van der Waals surface area (Å²) in [5, 5.41) is 12.6. The lowest BCUT2D eigenvalue weighted by molar-refractivity contribution is -0.115. The monoisotopic (exact) mass is 319 g/mol. The lowest BCUT2D eigenvalue weighted by Gasteiger charge is -2.27. The van der Waals surface area contributed by atoms with E-state index in [1.165, 1.54) is 11.8 Å².